The summed E-state index contributed by atoms with van der Waals surface area (Å²) in [6, 6.07) is 15.8. The summed E-state index contributed by atoms with van der Waals surface area (Å²) in [6.07, 6.45) is 0.928. The number of amides is 2. The third-order valence-corrected chi connectivity index (χ3v) is 3.40. The Hall–Kier alpha value is -2.29. The molecule has 2 aromatic carbocycles. The van der Waals surface area contributed by atoms with Crippen LogP contribution in [0.3, 0.4) is 0 Å². The van der Waals surface area contributed by atoms with Gasteiger partial charge in [0.25, 0.3) is 0 Å². The molecule has 0 atom stereocenters. The Morgan fingerprint density at radius 3 is 2.84 bits per heavy atom. The summed E-state index contributed by atoms with van der Waals surface area (Å²) >= 11 is 0. The lowest BCUT2D eigenvalue weighted by molar-refractivity contribution is 0.257. The van der Waals surface area contributed by atoms with E-state index >= 15 is 0 Å². The van der Waals surface area contributed by atoms with Crippen molar-refractivity contribution in [2.24, 2.45) is 0 Å². The molecule has 2 amide bonds. The maximum Gasteiger partial charge on any atom is 0.326 e. The minimum Gasteiger partial charge on any atom is -0.308 e. The average molecular weight is 252 g/mol. The molecule has 0 radical (unpaired) electrons. The van der Waals surface area contributed by atoms with E-state index in [2.05, 4.69) is 11.4 Å². The van der Waals surface area contributed by atoms with Crippen molar-refractivity contribution in [3.63, 3.8) is 0 Å². The van der Waals surface area contributed by atoms with Gasteiger partial charge in [0.05, 0.1) is 0 Å². The fourth-order valence-electron chi connectivity index (χ4n) is 2.46. The Morgan fingerprint density at radius 1 is 1.16 bits per heavy atom. The Labute approximate surface area is 112 Å². The van der Waals surface area contributed by atoms with Crippen LogP contribution in [0.25, 0.3) is 0 Å². The molecular weight excluding hydrogens is 236 g/mol. The second kappa shape index (κ2) is 4.76. The highest BCUT2D eigenvalue weighted by atomic mass is 16.2. The summed E-state index contributed by atoms with van der Waals surface area (Å²) in [7, 11) is 0. The largest absolute Gasteiger partial charge is 0.326 e. The molecule has 0 aliphatic carbocycles. The molecule has 0 bridgehead atoms. The summed E-state index contributed by atoms with van der Waals surface area (Å²) in [5, 5.41) is 2.95. The number of anilines is 2. The minimum atomic E-state index is -0.0597. The van der Waals surface area contributed by atoms with Crippen LogP contribution in [0, 0.1) is 6.92 Å². The highest BCUT2D eigenvalue weighted by molar-refractivity contribution is 6.03. The Morgan fingerprint density at radius 2 is 2.00 bits per heavy atom. The van der Waals surface area contributed by atoms with Crippen LogP contribution >= 0.6 is 0 Å². The number of carbonyl (C=O) groups excluding carboxylic acids is 1. The first-order valence-electron chi connectivity index (χ1n) is 6.47. The van der Waals surface area contributed by atoms with Gasteiger partial charge >= 0.3 is 6.03 Å². The first kappa shape index (κ1) is 11.8. The Bertz CT molecular complexity index is 622. The summed E-state index contributed by atoms with van der Waals surface area (Å²) < 4.78 is 0. The minimum absolute atomic E-state index is 0.0597. The lowest BCUT2D eigenvalue weighted by atomic mass is 10.2. The molecule has 3 rings (SSSR count). The fourth-order valence-corrected chi connectivity index (χ4v) is 2.46. The summed E-state index contributed by atoms with van der Waals surface area (Å²) in [5.74, 6) is 0. The van der Waals surface area contributed by atoms with Crippen molar-refractivity contribution in [1.29, 1.82) is 0 Å². The van der Waals surface area contributed by atoms with Crippen molar-refractivity contribution in [3.05, 3.63) is 59.7 Å². The van der Waals surface area contributed by atoms with Crippen molar-refractivity contribution in [2.75, 3.05) is 16.8 Å². The van der Waals surface area contributed by atoms with E-state index < -0.39 is 0 Å². The number of nitrogens with zero attached hydrogens (tertiary/aromatic N) is 1. The number of hydrogen-bond acceptors (Lipinski definition) is 1. The van der Waals surface area contributed by atoms with Crippen LogP contribution in [-0.2, 0) is 6.42 Å². The molecule has 96 valence electrons. The molecule has 0 fully saturated rings. The topological polar surface area (TPSA) is 32.3 Å². The molecule has 0 saturated heterocycles. The van der Waals surface area contributed by atoms with E-state index in [4.69, 9.17) is 0 Å². The molecule has 0 spiro atoms. The van der Waals surface area contributed by atoms with Crippen LogP contribution in [0.15, 0.2) is 48.5 Å². The van der Waals surface area contributed by atoms with E-state index in [-0.39, 0.29) is 6.03 Å². The van der Waals surface area contributed by atoms with Crippen molar-refractivity contribution in [2.45, 2.75) is 13.3 Å². The molecule has 0 saturated carbocycles. The fraction of sp³-hybridized carbons (Fsp3) is 0.188. The van der Waals surface area contributed by atoms with E-state index in [0.29, 0.717) is 0 Å². The van der Waals surface area contributed by atoms with Crippen molar-refractivity contribution < 1.29 is 4.79 Å². The Kier molecular flexibility index (Phi) is 2.95. The quantitative estimate of drug-likeness (QED) is 0.826. The third kappa shape index (κ3) is 2.32. The SMILES string of the molecule is Cc1cccc(NC(=O)N2CCc3ccccc32)c1. The molecule has 1 aliphatic heterocycles. The molecule has 3 nitrogen and oxygen atoms in total. The molecular formula is C16H16N2O. The molecule has 0 aromatic heterocycles. The lowest BCUT2D eigenvalue weighted by Gasteiger charge is -2.18. The van der Waals surface area contributed by atoms with Gasteiger partial charge in [-0.25, -0.2) is 4.79 Å². The van der Waals surface area contributed by atoms with Crippen LogP contribution in [0.4, 0.5) is 16.2 Å². The zero-order chi connectivity index (χ0) is 13.2. The maximum atomic E-state index is 12.3. The predicted octanol–water partition coefficient (Wildman–Crippen LogP) is 3.59. The first-order chi connectivity index (χ1) is 9.24. The van der Waals surface area contributed by atoms with Gasteiger partial charge in [0, 0.05) is 17.9 Å². The zero-order valence-electron chi connectivity index (χ0n) is 10.9. The molecule has 1 heterocycles. The molecule has 1 aliphatic rings. The Balaban J connectivity index is 1.79. The van der Waals surface area contributed by atoms with Crippen LogP contribution in [0.1, 0.15) is 11.1 Å². The monoisotopic (exact) mass is 252 g/mol. The van der Waals surface area contributed by atoms with Gasteiger partial charge in [0.15, 0.2) is 0 Å². The standard InChI is InChI=1S/C16H16N2O/c1-12-5-4-7-14(11-12)17-16(19)18-10-9-13-6-2-3-8-15(13)18/h2-8,11H,9-10H2,1H3,(H,17,19). The van der Waals surface area contributed by atoms with Crippen LogP contribution in [-0.4, -0.2) is 12.6 Å². The van der Waals surface area contributed by atoms with Crippen LogP contribution in [0.5, 0.6) is 0 Å². The lowest BCUT2D eigenvalue weighted by Crippen LogP contribution is -2.33. The zero-order valence-corrected chi connectivity index (χ0v) is 10.9. The van der Waals surface area contributed by atoms with Gasteiger partial charge in [-0.2, -0.15) is 0 Å². The average Bonchev–Trinajstić information content (AvgIpc) is 2.82. The van der Waals surface area contributed by atoms with Gasteiger partial charge < -0.3 is 5.32 Å². The van der Waals surface area contributed by atoms with Crippen LogP contribution < -0.4 is 10.2 Å². The van der Waals surface area contributed by atoms with E-state index in [1.807, 2.05) is 49.4 Å². The van der Waals surface area contributed by atoms with E-state index in [1.165, 1.54) is 5.56 Å². The van der Waals surface area contributed by atoms with Crippen LogP contribution in [0.2, 0.25) is 0 Å². The van der Waals surface area contributed by atoms with E-state index in [0.717, 1.165) is 29.9 Å². The molecule has 3 heteroatoms. The summed E-state index contributed by atoms with van der Waals surface area (Å²) in [5.41, 5.74) is 4.24. The predicted molar refractivity (Wildman–Crippen MR) is 77.7 cm³/mol. The van der Waals surface area contributed by atoms with Gasteiger partial charge in [-0.15, -0.1) is 0 Å². The van der Waals surface area contributed by atoms with Crippen molar-refractivity contribution in [3.8, 4) is 0 Å². The van der Waals surface area contributed by atoms with Gasteiger partial charge in [-0.1, -0.05) is 30.3 Å². The van der Waals surface area contributed by atoms with Crippen molar-refractivity contribution >= 4 is 17.4 Å². The van der Waals surface area contributed by atoms with Crippen molar-refractivity contribution in [1.82, 2.24) is 0 Å². The third-order valence-electron chi connectivity index (χ3n) is 3.40. The molecule has 1 N–H and O–H groups in total. The highest BCUT2D eigenvalue weighted by Crippen LogP contribution is 2.28. The first-order valence-corrected chi connectivity index (χ1v) is 6.47. The number of rotatable bonds is 1. The van der Waals surface area contributed by atoms with E-state index in [1.54, 1.807) is 4.90 Å². The number of hydrogen-bond donors (Lipinski definition) is 1. The molecule has 0 unspecified atom stereocenters. The number of benzene rings is 2. The number of aryl methyl sites for hydroxylation is 1. The summed E-state index contributed by atoms with van der Waals surface area (Å²) in [4.78, 5) is 14.1. The van der Waals surface area contributed by atoms with Gasteiger partial charge in [0.2, 0.25) is 0 Å². The number of carbonyl (C=O) groups is 1. The smallest absolute Gasteiger partial charge is 0.308 e. The number of urea groups is 1. The highest BCUT2D eigenvalue weighted by Gasteiger charge is 2.23. The van der Waals surface area contributed by atoms with E-state index in [9.17, 15) is 4.79 Å². The molecule has 19 heavy (non-hydrogen) atoms. The van der Waals surface area contributed by atoms with Gasteiger partial charge in [-0.05, 0) is 42.7 Å². The molecule has 2 aromatic rings. The second-order valence-corrected chi connectivity index (χ2v) is 4.83. The number of nitrogens with one attached hydrogen (secondary N) is 1. The summed E-state index contributed by atoms with van der Waals surface area (Å²) in [6.45, 7) is 2.76. The van der Waals surface area contributed by atoms with Gasteiger partial charge in [-0.3, -0.25) is 4.90 Å². The maximum absolute atomic E-state index is 12.3. The number of para-hydroxylation sites is 1. The van der Waals surface area contributed by atoms with Gasteiger partial charge in [0.1, 0.15) is 0 Å². The normalized spacial score (nSPS) is 13.2. The number of fused-ring (bicyclic) bond motifs is 1. The second-order valence-electron chi connectivity index (χ2n) is 4.83.